The van der Waals surface area contributed by atoms with E-state index in [0.717, 1.165) is 31.2 Å². The maximum Gasteiger partial charge on any atom is 0.246 e. The predicted octanol–water partition coefficient (Wildman–Crippen LogP) is 0.206. The number of fused-ring (bicyclic) bond motifs is 1. The van der Waals surface area contributed by atoms with Gasteiger partial charge in [0.25, 0.3) is 0 Å². The minimum atomic E-state index is -0.625. The van der Waals surface area contributed by atoms with Gasteiger partial charge in [-0.3, -0.25) is 19.2 Å². The van der Waals surface area contributed by atoms with Gasteiger partial charge in [-0.25, -0.2) is 4.99 Å². The first kappa shape index (κ1) is 26.6. The lowest BCUT2D eigenvalue weighted by molar-refractivity contribution is -0.144. The highest BCUT2D eigenvalue weighted by Crippen LogP contribution is 2.31. The number of rotatable bonds is 8. The third kappa shape index (κ3) is 6.27. The topological polar surface area (TPSA) is 158 Å². The summed E-state index contributed by atoms with van der Waals surface area (Å²) in [6.45, 7) is 2.03. The van der Waals surface area contributed by atoms with Gasteiger partial charge < -0.3 is 31.9 Å². The first-order valence-electron chi connectivity index (χ1n) is 13.1. The lowest BCUT2D eigenvalue weighted by atomic mass is 9.98. The molecular formula is C26H37N7O4. The van der Waals surface area contributed by atoms with Gasteiger partial charge in [0.2, 0.25) is 23.6 Å². The highest BCUT2D eigenvalue weighted by Gasteiger charge is 2.43. The van der Waals surface area contributed by atoms with E-state index in [2.05, 4.69) is 26.3 Å². The summed E-state index contributed by atoms with van der Waals surface area (Å²) in [5.74, 6) is -0.293. The molecule has 4 rings (SSSR count). The maximum atomic E-state index is 13.5. The molecule has 0 spiro atoms. The van der Waals surface area contributed by atoms with Gasteiger partial charge in [-0.05, 0) is 57.4 Å². The fourth-order valence-electron chi connectivity index (χ4n) is 5.16. The molecule has 0 bridgehead atoms. The van der Waals surface area contributed by atoms with Crippen LogP contribution in [-0.4, -0.2) is 71.6 Å². The molecule has 0 aliphatic carbocycles. The first-order valence-corrected chi connectivity index (χ1v) is 13.1. The van der Waals surface area contributed by atoms with Crippen LogP contribution in [0, 0.1) is 0 Å². The quantitative estimate of drug-likeness (QED) is 0.191. The van der Waals surface area contributed by atoms with Crippen molar-refractivity contribution in [2.75, 3.05) is 7.05 Å². The molecule has 1 aromatic rings. The smallest absolute Gasteiger partial charge is 0.246 e. The van der Waals surface area contributed by atoms with Gasteiger partial charge in [0.05, 0.1) is 24.2 Å². The van der Waals surface area contributed by atoms with Gasteiger partial charge in [-0.1, -0.05) is 25.0 Å². The number of β-lactam (4-membered cyclic amide) rings is 1. The average molecular weight is 512 g/mol. The van der Waals surface area contributed by atoms with Crippen LogP contribution in [0.2, 0.25) is 0 Å². The number of carbonyl (C=O) groups is 4. The Bertz CT molecular complexity index is 1070. The number of nitrogens with zero attached hydrogens (tertiary/aromatic N) is 2. The minimum Gasteiger partial charge on any atom is -0.385 e. The highest BCUT2D eigenvalue weighted by molar-refractivity contribution is 6.00. The van der Waals surface area contributed by atoms with Crippen molar-refractivity contribution < 1.29 is 19.2 Å². The van der Waals surface area contributed by atoms with Gasteiger partial charge in [-0.15, -0.1) is 0 Å². The summed E-state index contributed by atoms with van der Waals surface area (Å²) in [5, 5.41) is 11.5. The van der Waals surface area contributed by atoms with E-state index < -0.39 is 18.1 Å². The fraction of sp³-hybridized carbons (Fsp3) is 0.577. The summed E-state index contributed by atoms with van der Waals surface area (Å²) in [6.07, 6.45) is 4.97. The Morgan fingerprint density at radius 2 is 1.95 bits per heavy atom. The van der Waals surface area contributed by atoms with Crippen LogP contribution in [0.4, 0.5) is 5.69 Å². The minimum absolute atomic E-state index is 0.0114. The molecule has 3 saturated heterocycles. The third-order valence-electron chi connectivity index (χ3n) is 7.50. The van der Waals surface area contributed by atoms with Crippen LogP contribution in [0.5, 0.6) is 0 Å². The molecular weight excluding hydrogens is 474 g/mol. The molecule has 0 saturated carbocycles. The van der Waals surface area contributed by atoms with Crippen molar-refractivity contribution in [3.63, 3.8) is 0 Å². The summed E-state index contributed by atoms with van der Waals surface area (Å²) < 4.78 is 0. The molecule has 200 valence electrons. The van der Waals surface area contributed by atoms with Crippen LogP contribution in [0.1, 0.15) is 57.4 Å². The van der Waals surface area contributed by atoms with Crippen LogP contribution in [0.3, 0.4) is 0 Å². The van der Waals surface area contributed by atoms with Gasteiger partial charge >= 0.3 is 0 Å². The molecule has 3 aliphatic rings. The average Bonchev–Trinajstić information content (AvgIpc) is 3.28. The van der Waals surface area contributed by atoms with E-state index >= 15 is 0 Å². The number of carbonyl (C=O) groups excluding carboxylic acids is 4. The number of likely N-dealkylation sites (N-methyl/N-ethyl adjacent to an activating group) is 1. The van der Waals surface area contributed by atoms with Crippen molar-refractivity contribution in [1.29, 1.82) is 0 Å². The van der Waals surface area contributed by atoms with Crippen LogP contribution in [-0.2, 0) is 25.7 Å². The Morgan fingerprint density at radius 3 is 2.68 bits per heavy atom. The maximum absolute atomic E-state index is 13.5. The Balaban J connectivity index is 1.39. The molecule has 6 N–H and O–H groups in total. The molecule has 5 atom stereocenters. The molecule has 11 nitrogen and oxygen atoms in total. The number of aliphatic imine (C=N–C) groups is 1. The normalized spacial score (nSPS) is 26.8. The standard InChI is InChI=1S/C26H37N7O4/c1-15(28-2)24(35)32-19-9-4-3-8-18-10-11-21(33(18)26(19)37)25(36)29-14-16-6-5-7-17(12-16)30-23(27)20-13-22(34)31-20/h5-7,12,15,18-21,28H,3-4,8-11,13-14H2,1-2H3,(H2,27,30)(H,29,36)(H,31,34)(H,32,35). The first-order chi connectivity index (χ1) is 17.8. The number of amides is 4. The summed E-state index contributed by atoms with van der Waals surface area (Å²) in [7, 11) is 1.70. The van der Waals surface area contributed by atoms with Crippen molar-refractivity contribution in [2.45, 2.75) is 88.6 Å². The Morgan fingerprint density at radius 1 is 1.19 bits per heavy atom. The molecule has 3 aliphatic heterocycles. The van der Waals surface area contributed by atoms with Crippen molar-refractivity contribution in [3.8, 4) is 0 Å². The van der Waals surface area contributed by atoms with Gasteiger partial charge in [0.1, 0.15) is 17.9 Å². The second-order valence-corrected chi connectivity index (χ2v) is 10.1. The zero-order valence-electron chi connectivity index (χ0n) is 21.5. The summed E-state index contributed by atoms with van der Waals surface area (Å²) in [6, 6.07) is 5.54. The van der Waals surface area contributed by atoms with E-state index in [0.29, 0.717) is 30.8 Å². The van der Waals surface area contributed by atoms with Gasteiger partial charge in [0, 0.05) is 12.6 Å². The number of hydrogen-bond acceptors (Lipinski definition) is 6. The SMILES string of the molecule is CNC(C)C(=O)NC1CCCCC2CCC(C(=O)NCc3cccc(N=C(N)C4CC(=O)N4)c3)N2C1=O. The second-order valence-electron chi connectivity index (χ2n) is 10.1. The van der Waals surface area contributed by atoms with Crippen molar-refractivity contribution >= 4 is 35.2 Å². The summed E-state index contributed by atoms with van der Waals surface area (Å²) in [4.78, 5) is 56.5. The van der Waals surface area contributed by atoms with Crippen LogP contribution >= 0.6 is 0 Å². The van der Waals surface area contributed by atoms with Crippen molar-refractivity contribution in [3.05, 3.63) is 29.8 Å². The summed E-state index contributed by atoms with van der Waals surface area (Å²) >= 11 is 0. The third-order valence-corrected chi connectivity index (χ3v) is 7.50. The number of nitrogens with one attached hydrogen (secondary N) is 4. The Hall–Kier alpha value is -3.47. The van der Waals surface area contributed by atoms with E-state index in [9.17, 15) is 19.2 Å². The highest BCUT2D eigenvalue weighted by atomic mass is 16.2. The van der Waals surface area contributed by atoms with Crippen molar-refractivity contribution in [2.24, 2.45) is 10.7 Å². The fourth-order valence-corrected chi connectivity index (χ4v) is 5.16. The van der Waals surface area contributed by atoms with E-state index in [-0.39, 0.29) is 42.3 Å². The monoisotopic (exact) mass is 511 g/mol. The zero-order valence-corrected chi connectivity index (χ0v) is 21.5. The molecule has 1 aromatic carbocycles. The number of nitrogens with two attached hydrogens (primary N) is 1. The Kier molecular flexibility index (Phi) is 8.42. The Labute approximate surface area is 217 Å². The van der Waals surface area contributed by atoms with Gasteiger partial charge in [-0.2, -0.15) is 0 Å². The van der Waals surface area contributed by atoms with Gasteiger partial charge in [0.15, 0.2) is 0 Å². The van der Waals surface area contributed by atoms with Crippen molar-refractivity contribution in [1.82, 2.24) is 26.2 Å². The van der Waals surface area contributed by atoms with Crippen LogP contribution in [0.25, 0.3) is 0 Å². The van der Waals surface area contributed by atoms with E-state index in [1.165, 1.54) is 0 Å². The molecule has 4 amide bonds. The zero-order chi connectivity index (χ0) is 26.5. The van der Waals surface area contributed by atoms with Crippen LogP contribution in [0.15, 0.2) is 29.3 Å². The van der Waals surface area contributed by atoms with E-state index in [4.69, 9.17) is 5.73 Å². The molecule has 3 heterocycles. The van der Waals surface area contributed by atoms with E-state index in [1.807, 2.05) is 24.3 Å². The molecule has 11 heteroatoms. The number of amidine groups is 1. The lowest BCUT2D eigenvalue weighted by Crippen LogP contribution is -2.57. The summed E-state index contributed by atoms with van der Waals surface area (Å²) in [5.41, 5.74) is 7.48. The number of hydrogen-bond donors (Lipinski definition) is 5. The molecule has 0 aromatic heterocycles. The molecule has 5 unspecified atom stereocenters. The molecule has 3 fully saturated rings. The van der Waals surface area contributed by atoms with E-state index in [1.54, 1.807) is 18.9 Å². The molecule has 0 radical (unpaired) electrons. The largest absolute Gasteiger partial charge is 0.385 e. The van der Waals surface area contributed by atoms with Crippen LogP contribution < -0.4 is 27.0 Å². The second kappa shape index (κ2) is 11.7. The molecule has 37 heavy (non-hydrogen) atoms. The lowest BCUT2D eigenvalue weighted by Gasteiger charge is -2.35. The number of benzene rings is 1. The predicted molar refractivity (Wildman–Crippen MR) is 139 cm³/mol.